The zero-order chi connectivity index (χ0) is 18.7. The van der Waals surface area contributed by atoms with Crippen LogP contribution >= 0.6 is 15.9 Å². The molecule has 0 aromatic carbocycles. The second-order valence-electron chi connectivity index (χ2n) is 6.70. The highest BCUT2D eigenvalue weighted by Crippen LogP contribution is 2.22. The summed E-state index contributed by atoms with van der Waals surface area (Å²) in [5, 5.41) is 5.25. The molecule has 1 aromatic rings. The van der Waals surface area contributed by atoms with E-state index in [0.717, 1.165) is 32.4 Å². The number of furan rings is 1. The Labute approximate surface area is 160 Å². The van der Waals surface area contributed by atoms with Gasteiger partial charge in [0, 0.05) is 6.04 Å². The fourth-order valence-electron chi connectivity index (χ4n) is 3.52. The van der Waals surface area contributed by atoms with Crippen LogP contribution in [0.1, 0.15) is 29.8 Å². The third-order valence-electron chi connectivity index (χ3n) is 4.74. The molecule has 0 unspecified atom stereocenters. The Hall–Kier alpha value is -1.39. The molecule has 10 heteroatoms. The highest BCUT2D eigenvalue weighted by Gasteiger charge is 2.41. The molecule has 0 radical (unpaired) electrons. The Kier molecular flexibility index (Phi) is 6.03. The van der Waals surface area contributed by atoms with Crippen LogP contribution in [0, 0.1) is 0 Å². The normalized spacial score (nSPS) is 25.7. The van der Waals surface area contributed by atoms with E-state index in [1.807, 2.05) is 0 Å². The van der Waals surface area contributed by atoms with Gasteiger partial charge in [-0.15, -0.1) is 0 Å². The first-order chi connectivity index (χ1) is 12.3. The average molecular weight is 448 g/mol. The Morgan fingerprint density at radius 3 is 2.58 bits per heavy atom. The minimum atomic E-state index is -3.18. The number of hydrogen-bond acceptors (Lipinski definition) is 6. The van der Waals surface area contributed by atoms with E-state index in [1.165, 1.54) is 6.07 Å². The number of nitrogens with zero attached hydrogens (tertiary/aromatic N) is 1. The van der Waals surface area contributed by atoms with Gasteiger partial charge in [-0.05, 0) is 54.0 Å². The number of sulfone groups is 1. The van der Waals surface area contributed by atoms with E-state index in [2.05, 4.69) is 31.5 Å². The maximum atomic E-state index is 12.2. The molecule has 3 rings (SSSR count). The minimum Gasteiger partial charge on any atom is -0.444 e. The first-order valence-electron chi connectivity index (χ1n) is 8.61. The summed E-state index contributed by atoms with van der Waals surface area (Å²) in [7, 11) is -3.18. The maximum Gasteiger partial charge on any atom is 0.287 e. The van der Waals surface area contributed by atoms with Gasteiger partial charge in [0.05, 0.1) is 24.1 Å². The number of likely N-dealkylation sites (tertiary alicyclic amines) is 1. The average Bonchev–Trinajstić information content (AvgIpc) is 3.16. The van der Waals surface area contributed by atoms with Crippen molar-refractivity contribution in [1.82, 2.24) is 15.5 Å². The highest BCUT2D eigenvalue weighted by molar-refractivity contribution is 9.10. The second kappa shape index (κ2) is 8.10. The van der Waals surface area contributed by atoms with E-state index in [-0.39, 0.29) is 29.9 Å². The minimum absolute atomic E-state index is 0.0566. The topological polar surface area (TPSA) is 109 Å². The van der Waals surface area contributed by atoms with E-state index in [4.69, 9.17) is 4.42 Å². The monoisotopic (exact) mass is 447 g/mol. The molecule has 2 fully saturated rings. The number of nitrogens with one attached hydrogen (secondary N) is 2. The number of halogens is 1. The van der Waals surface area contributed by atoms with Gasteiger partial charge in [0.25, 0.3) is 5.91 Å². The number of carbonyl (C=O) groups excluding carboxylic acids is 2. The van der Waals surface area contributed by atoms with Crippen LogP contribution in [0.4, 0.5) is 0 Å². The van der Waals surface area contributed by atoms with Gasteiger partial charge in [-0.3, -0.25) is 14.5 Å². The number of piperidine rings is 1. The first-order valence-corrected chi connectivity index (χ1v) is 11.2. The summed E-state index contributed by atoms with van der Waals surface area (Å²) >= 11 is 3.11. The predicted molar refractivity (Wildman–Crippen MR) is 98.5 cm³/mol. The van der Waals surface area contributed by atoms with Crippen LogP contribution < -0.4 is 10.6 Å². The van der Waals surface area contributed by atoms with Crippen molar-refractivity contribution in [1.29, 1.82) is 0 Å². The zero-order valence-corrected chi connectivity index (χ0v) is 16.6. The molecule has 0 bridgehead atoms. The fourth-order valence-corrected chi connectivity index (χ4v) is 5.78. The molecule has 2 aliphatic rings. The summed E-state index contributed by atoms with van der Waals surface area (Å²) in [6.07, 6.45) is 3.25. The molecule has 2 aliphatic heterocycles. The van der Waals surface area contributed by atoms with E-state index in [1.54, 1.807) is 6.07 Å². The summed E-state index contributed by atoms with van der Waals surface area (Å²) in [6.45, 7) is 1.48. The first kappa shape index (κ1) is 19.4. The van der Waals surface area contributed by atoms with E-state index in [0.29, 0.717) is 4.67 Å². The fraction of sp³-hybridized carbons (Fsp3) is 0.625. The van der Waals surface area contributed by atoms with Crippen molar-refractivity contribution in [3.63, 3.8) is 0 Å². The van der Waals surface area contributed by atoms with Crippen LogP contribution in [0.2, 0.25) is 0 Å². The van der Waals surface area contributed by atoms with Crippen molar-refractivity contribution < 1.29 is 22.4 Å². The quantitative estimate of drug-likeness (QED) is 0.681. The van der Waals surface area contributed by atoms with E-state index >= 15 is 0 Å². The summed E-state index contributed by atoms with van der Waals surface area (Å²) in [6, 6.07) is 2.44. The summed E-state index contributed by atoms with van der Waals surface area (Å²) in [5.41, 5.74) is 0. The lowest BCUT2D eigenvalue weighted by Crippen LogP contribution is -2.53. The van der Waals surface area contributed by atoms with E-state index in [9.17, 15) is 18.0 Å². The lowest BCUT2D eigenvalue weighted by Gasteiger charge is -2.35. The number of carbonyl (C=O) groups is 2. The number of hydrogen-bond donors (Lipinski definition) is 2. The standard InChI is InChI=1S/C16H22BrN3O5S/c17-14-5-4-13(25-14)16(22)18-8-15(21)19-11-9-26(23,24)10-12(11)20-6-2-1-3-7-20/h4-5,11-12H,1-3,6-10H2,(H,18,22)(H,19,21)/t11-,12-/m0/s1. The van der Waals surface area contributed by atoms with Gasteiger partial charge in [0.2, 0.25) is 5.91 Å². The van der Waals surface area contributed by atoms with Crippen LogP contribution in [-0.4, -0.2) is 68.4 Å². The number of rotatable bonds is 5. The van der Waals surface area contributed by atoms with Gasteiger partial charge in [0.1, 0.15) is 0 Å². The summed E-state index contributed by atoms with van der Waals surface area (Å²) in [5.74, 6) is -0.797. The molecule has 8 nitrogen and oxygen atoms in total. The van der Waals surface area contributed by atoms with Gasteiger partial charge >= 0.3 is 0 Å². The molecule has 2 saturated heterocycles. The van der Waals surface area contributed by atoms with Gasteiger partial charge in [0.15, 0.2) is 20.3 Å². The number of amides is 2. The van der Waals surface area contributed by atoms with Crippen molar-refractivity contribution in [3.05, 3.63) is 22.6 Å². The summed E-state index contributed by atoms with van der Waals surface area (Å²) < 4.78 is 29.7. The van der Waals surface area contributed by atoms with Crippen molar-refractivity contribution in [2.45, 2.75) is 31.3 Å². The van der Waals surface area contributed by atoms with Crippen molar-refractivity contribution in [3.8, 4) is 0 Å². The Balaban J connectivity index is 1.55. The van der Waals surface area contributed by atoms with Crippen LogP contribution in [0.5, 0.6) is 0 Å². The molecule has 3 heterocycles. The van der Waals surface area contributed by atoms with Crippen molar-refractivity contribution in [2.75, 3.05) is 31.1 Å². The Morgan fingerprint density at radius 1 is 1.19 bits per heavy atom. The lowest BCUT2D eigenvalue weighted by molar-refractivity contribution is -0.121. The molecule has 0 saturated carbocycles. The molecule has 144 valence electrons. The molecule has 0 spiro atoms. The SMILES string of the molecule is O=C(CNC(=O)c1ccc(Br)o1)N[C@H]1CS(=O)(=O)C[C@@H]1N1CCCCC1. The van der Waals surface area contributed by atoms with Gasteiger partial charge in [-0.1, -0.05) is 6.42 Å². The molecule has 2 atom stereocenters. The molecule has 2 amide bonds. The van der Waals surface area contributed by atoms with E-state index < -0.39 is 27.7 Å². The molecule has 2 N–H and O–H groups in total. The van der Waals surface area contributed by atoms with Crippen LogP contribution in [0.25, 0.3) is 0 Å². The van der Waals surface area contributed by atoms with Crippen molar-refractivity contribution in [2.24, 2.45) is 0 Å². The third kappa shape index (κ3) is 4.86. The lowest BCUT2D eigenvalue weighted by atomic mass is 10.0. The molecule has 0 aliphatic carbocycles. The zero-order valence-electron chi connectivity index (χ0n) is 14.2. The third-order valence-corrected chi connectivity index (χ3v) is 6.88. The second-order valence-corrected chi connectivity index (χ2v) is 9.64. The van der Waals surface area contributed by atoms with Crippen LogP contribution in [-0.2, 0) is 14.6 Å². The van der Waals surface area contributed by atoms with Crippen molar-refractivity contribution >= 4 is 37.6 Å². The molecular weight excluding hydrogens is 426 g/mol. The predicted octanol–water partition coefficient (Wildman–Crippen LogP) is 0.540. The highest BCUT2D eigenvalue weighted by atomic mass is 79.9. The Bertz CT molecular complexity index is 773. The van der Waals surface area contributed by atoms with Gasteiger partial charge < -0.3 is 15.1 Å². The maximum absolute atomic E-state index is 12.2. The molecular formula is C16H22BrN3O5S. The molecule has 26 heavy (non-hydrogen) atoms. The van der Waals surface area contributed by atoms with Gasteiger partial charge in [-0.25, -0.2) is 8.42 Å². The van der Waals surface area contributed by atoms with Gasteiger partial charge in [-0.2, -0.15) is 0 Å². The summed E-state index contributed by atoms with van der Waals surface area (Å²) in [4.78, 5) is 26.3. The Morgan fingerprint density at radius 2 is 1.92 bits per heavy atom. The molecule has 1 aromatic heterocycles. The van der Waals surface area contributed by atoms with Crippen LogP contribution in [0.15, 0.2) is 21.2 Å². The smallest absolute Gasteiger partial charge is 0.287 e. The largest absolute Gasteiger partial charge is 0.444 e. The van der Waals surface area contributed by atoms with Crippen LogP contribution in [0.3, 0.4) is 0 Å².